The number of rotatable bonds is 6. The van der Waals surface area contributed by atoms with Gasteiger partial charge >= 0.3 is 0 Å². The SMILES string of the molecule is CN=C(NCCCN1CCCC1C(=O)N(C)C)N1CCN(C(=O)C2CCCO2)CC1. The monoisotopic (exact) mass is 422 g/mol. The predicted octanol–water partition coefficient (Wildman–Crippen LogP) is -0.172. The molecule has 0 spiro atoms. The number of amides is 2. The number of carbonyl (C=O) groups excluding carboxylic acids is 2. The maximum atomic E-state index is 12.5. The Morgan fingerprint density at radius 3 is 2.43 bits per heavy atom. The Hall–Kier alpha value is -1.87. The molecule has 30 heavy (non-hydrogen) atoms. The summed E-state index contributed by atoms with van der Waals surface area (Å²) in [4.78, 5) is 37.4. The highest BCUT2D eigenvalue weighted by atomic mass is 16.5. The van der Waals surface area contributed by atoms with Crippen molar-refractivity contribution in [3.63, 3.8) is 0 Å². The van der Waals surface area contributed by atoms with Crippen molar-refractivity contribution in [3.05, 3.63) is 0 Å². The van der Waals surface area contributed by atoms with Gasteiger partial charge in [-0.3, -0.25) is 19.5 Å². The first-order valence-corrected chi connectivity index (χ1v) is 11.3. The molecule has 1 N–H and O–H groups in total. The summed E-state index contributed by atoms with van der Waals surface area (Å²) in [6.07, 6.45) is 4.61. The molecule has 3 heterocycles. The first-order valence-electron chi connectivity index (χ1n) is 11.3. The van der Waals surface area contributed by atoms with Crippen molar-refractivity contribution in [2.45, 2.75) is 44.2 Å². The highest BCUT2D eigenvalue weighted by Crippen LogP contribution is 2.19. The van der Waals surface area contributed by atoms with Crippen LogP contribution in [-0.2, 0) is 14.3 Å². The van der Waals surface area contributed by atoms with Gasteiger partial charge < -0.3 is 24.8 Å². The summed E-state index contributed by atoms with van der Waals surface area (Å²) in [5.74, 6) is 1.25. The second-order valence-electron chi connectivity index (χ2n) is 8.57. The zero-order chi connectivity index (χ0) is 21.5. The summed E-state index contributed by atoms with van der Waals surface area (Å²) in [5, 5.41) is 3.45. The van der Waals surface area contributed by atoms with Crippen LogP contribution >= 0.6 is 0 Å². The molecule has 3 rings (SSSR count). The van der Waals surface area contributed by atoms with Gasteiger partial charge in [0.2, 0.25) is 5.91 Å². The lowest BCUT2D eigenvalue weighted by Crippen LogP contribution is -2.55. The second kappa shape index (κ2) is 10.9. The van der Waals surface area contributed by atoms with E-state index in [9.17, 15) is 9.59 Å². The fourth-order valence-electron chi connectivity index (χ4n) is 4.60. The average molecular weight is 423 g/mol. The molecule has 3 aliphatic rings. The predicted molar refractivity (Wildman–Crippen MR) is 116 cm³/mol. The van der Waals surface area contributed by atoms with E-state index in [1.807, 2.05) is 19.0 Å². The zero-order valence-electron chi connectivity index (χ0n) is 18.8. The van der Waals surface area contributed by atoms with E-state index in [0.29, 0.717) is 19.7 Å². The Balaban J connectivity index is 1.37. The number of hydrogen-bond acceptors (Lipinski definition) is 5. The number of aliphatic imine (C=N–C) groups is 1. The molecule has 0 aliphatic carbocycles. The van der Waals surface area contributed by atoms with Gasteiger partial charge in [0, 0.05) is 67.0 Å². The van der Waals surface area contributed by atoms with Gasteiger partial charge in [0.05, 0.1) is 6.04 Å². The third-order valence-electron chi connectivity index (χ3n) is 6.30. The molecule has 3 saturated heterocycles. The molecule has 9 heteroatoms. The zero-order valence-corrected chi connectivity index (χ0v) is 18.8. The first-order chi connectivity index (χ1) is 14.5. The van der Waals surface area contributed by atoms with Crippen molar-refractivity contribution in [1.29, 1.82) is 0 Å². The number of likely N-dealkylation sites (N-methyl/N-ethyl adjacent to an activating group) is 1. The van der Waals surface area contributed by atoms with Gasteiger partial charge in [-0.05, 0) is 38.6 Å². The van der Waals surface area contributed by atoms with Gasteiger partial charge in [0.25, 0.3) is 5.91 Å². The highest BCUT2D eigenvalue weighted by Gasteiger charge is 2.32. The molecule has 2 amide bonds. The Bertz CT molecular complexity index is 612. The van der Waals surface area contributed by atoms with Crippen LogP contribution in [0.25, 0.3) is 0 Å². The summed E-state index contributed by atoms with van der Waals surface area (Å²) in [7, 11) is 5.47. The van der Waals surface area contributed by atoms with E-state index >= 15 is 0 Å². The molecule has 3 aliphatic heterocycles. The van der Waals surface area contributed by atoms with Crippen molar-refractivity contribution in [2.75, 3.05) is 73.6 Å². The molecule has 170 valence electrons. The van der Waals surface area contributed by atoms with Crippen LogP contribution in [0.5, 0.6) is 0 Å². The maximum absolute atomic E-state index is 12.5. The van der Waals surface area contributed by atoms with E-state index in [2.05, 4.69) is 20.1 Å². The van der Waals surface area contributed by atoms with E-state index in [1.54, 1.807) is 11.9 Å². The van der Waals surface area contributed by atoms with Crippen LogP contribution in [0.3, 0.4) is 0 Å². The van der Waals surface area contributed by atoms with Gasteiger partial charge in [0.1, 0.15) is 6.10 Å². The van der Waals surface area contributed by atoms with E-state index < -0.39 is 0 Å². The van der Waals surface area contributed by atoms with Crippen LogP contribution in [-0.4, -0.2) is 123 Å². The van der Waals surface area contributed by atoms with Gasteiger partial charge in [-0.25, -0.2) is 0 Å². The minimum Gasteiger partial charge on any atom is -0.368 e. The van der Waals surface area contributed by atoms with E-state index in [-0.39, 0.29) is 24.0 Å². The van der Waals surface area contributed by atoms with E-state index in [4.69, 9.17) is 4.74 Å². The van der Waals surface area contributed by atoms with Crippen molar-refractivity contribution in [3.8, 4) is 0 Å². The fraction of sp³-hybridized carbons (Fsp3) is 0.857. The standard InChI is InChI=1S/C21H38N6O3/c1-22-21(23-9-6-11-25-10-4-7-17(25)19(28)24(2)3)27-14-12-26(13-15-27)20(29)18-8-5-16-30-18/h17-18H,4-16H2,1-3H3,(H,22,23). The number of guanidine groups is 1. The van der Waals surface area contributed by atoms with Crippen LogP contribution in [0, 0.1) is 0 Å². The lowest BCUT2D eigenvalue weighted by Gasteiger charge is -2.37. The largest absolute Gasteiger partial charge is 0.368 e. The average Bonchev–Trinajstić information content (AvgIpc) is 3.45. The number of ether oxygens (including phenoxy) is 1. The normalized spacial score (nSPS) is 25.6. The molecule has 0 saturated carbocycles. The molecule has 9 nitrogen and oxygen atoms in total. The topological polar surface area (TPSA) is 80.7 Å². The Kier molecular flexibility index (Phi) is 8.32. The van der Waals surface area contributed by atoms with Crippen LogP contribution in [0.4, 0.5) is 0 Å². The van der Waals surface area contributed by atoms with Crippen molar-refractivity contribution < 1.29 is 14.3 Å². The maximum Gasteiger partial charge on any atom is 0.251 e. The number of piperazine rings is 1. The second-order valence-corrected chi connectivity index (χ2v) is 8.57. The first kappa shape index (κ1) is 22.8. The van der Waals surface area contributed by atoms with E-state index in [1.165, 1.54) is 0 Å². The van der Waals surface area contributed by atoms with E-state index in [0.717, 1.165) is 70.8 Å². The minimum absolute atomic E-state index is 0.0359. The molecule has 0 radical (unpaired) electrons. The van der Waals surface area contributed by atoms with Crippen LogP contribution in [0.1, 0.15) is 32.1 Å². The van der Waals surface area contributed by atoms with Crippen LogP contribution in [0.2, 0.25) is 0 Å². The molecular weight excluding hydrogens is 384 g/mol. The molecule has 3 fully saturated rings. The Morgan fingerprint density at radius 2 is 1.80 bits per heavy atom. The van der Waals surface area contributed by atoms with Crippen LogP contribution < -0.4 is 5.32 Å². The van der Waals surface area contributed by atoms with Crippen molar-refractivity contribution >= 4 is 17.8 Å². The smallest absolute Gasteiger partial charge is 0.251 e. The minimum atomic E-state index is -0.234. The fourth-order valence-corrected chi connectivity index (χ4v) is 4.60. The third-order valence-corrected chi connectivity index (χ3v) is 6.30. The quantitative estimate of drug-likeness (QED) is 0.364. The van der Waals surface area contributed by atoms with Gasteiger partial charge in [-0.1, -0.05) is 0 Å². The molecule has 2 unspecified atom stereocenters. The summed E-state index contributed by atoms with van der Waals surface area (Å²) < 4.78 is 5.54. The lowest BCUT2D eigenvalue weighted by atomic mass is 10.2. The number of hydrogen-bond donors (Lipinski definition) is 1. The molecule has 0 aromatic rings. The van der Waals surface area contributed by atoms with Gasteiger partial charge in [-0.15, -0.1) is 0 Å². The Labute approximate surface area is 180 Å². The van der Waals surface area contributed by atoms with Crippen molar-refractivity contribution in [1.82, 2.24) is 24.9 Å². The number of carbonyl (C=O) groups is 2. The summed E-state index contributed by atoms with van der Waals surface area (Å²) in [6.45, 7) is 6.42. The Morgan fingerprint density at radius 1 is 1.07 bits per heavy atom. The van der Waals surface area contributed by atoms with Gasteiger partial charge in [-0.2, -0.15) is 0 Å². The third kappa shape index (κ3) is 5.63. The molecule has 0 aromatic heterocycles. The lowest BCUT2D eigenvalue weighted by molar-refractivity contribution is -0.142. The van der Waals surface area contributed by atoms with Gasteiger partial charge in [0.15, 0.2) is 5.96 Å². The molecule has 0 aromatic carbocycles. The number of likely N-dealkylation sites (tertiary alicyclic amines) is 1. The summed E-state index contributed by atoms with van der Waals surface area (Å²) in [5.41, 5.74) is 0. The molecular formula is C21H38N6O3. The summed E-state index contributed by atoms with van der Waals surface area (Å²) in [6, 6.07) is 0.0359. The number of nitrogens with zero attached hydrogens (tertiary/aromatic N) is 5. The van der Waals surface area contributed by atoms with Crippen LogP contribution in [0.15, 0.2) is 4.99 Å². The highest BCUT2D eigenvalue weighted by molar-refractivity contribution is 5.83. The summed E-state index contributed by atoms with van der Waals surface area (Å²) >= 11 is 0. The number of nitrogens with one attached hydrogen (secondary N) is 1. The molecule has 2 atom stereocenters. The molecule has 0 bridgehead atoms. The van der Waals surface area contributed by atoms with Crippen molar-refractivity contribution in [2.24, 2.45) is 4.99 Å².